The third kappa shape index (κ3) is 3.52. The Morgan fingerprint density at radius 3 is 2.40 bits per heavy atom. The van der Waals surface area contributed by atoms with E-state index in [9.17, 15) is 12.8 Å². The zero-order chi connectivity index (χ0) is 14.9. The molecular weight excluding hydrogens is 436 g/mol. The zero-order valence-electron chi connectivity index (χ0n) is 9.70. The zero-order valence-corrected chi connectivity index (χ0v) is 14.4. The lowest BCUT2D eigenvalue weighted by atomic mass is 10.3. The fraction of sp³-hybridized carbons (Fsp3) is 0. The van der Waals surface area contributed by atoms with E-state index < -0.39 is 20.7 Å². The minimum atomic E-state index is -4.02. The largest absolute Gasteiger partial charge is 0.278 e. The van der Waals surface area contributed by atoms with Crippen LogP contribution in [0.3, 0.4) is 0 Å². The van der Waals surface area contributed by atoms with Gasteiger partial charge in [0.05, 0.1) is 5.69 Å². The van der Waals surface area contributed by atoms with E-state index in [0.29, 0.717) is 14.0 Å². The van der Waals surface area contributed by atoms with E-state index in [4.69, 9.17) is 11.6 Å². The Hall–Kier alpha value is -0.630. The Labute approximate surface area is 137 Å². The summed E-state index contributed by atoms with van der Waals surface area (Å²) < 4.78 is 41.3. The maximum Gasteiger partial charge on any atom is 0.264 e. The second-order valence-electron chi connectivity index (χ2n) is 3.80. The third-order valence-corrected chi connectivity index (χ3v) is 5.14. The lowest BCUT2D eigenvalue weighted by molar-refractivity contribution is 0.570. The van der Waals surface area contributed by atoms with Gasteiger partial charge in [0.15, 0.2) is 0 Å². The van der Waals surface area contributed by atoms with Crippen molar-refractivity contribution in [1.82, 2.24) is 0 Å². The first-order valence-electron chi connectivity index (χ1n) is 5.22. The molecule has 3 nitrogen and oxygen atoms in total. The average molecular weight is 444 g/mol. The first kappa shape index (κ1) is 15.8. The Balaban J connectivity index is 2.41. The van der Waals surface area contributed by atoms with Gasteiger partial charge < -0.3 is 0 Å². The van der Waals surface area contributed by atoms with Crippen LogP contribution in [0.15, 0.2) is 50.2 Å². The van der Waals surface area contributed by atoms with Crippen LogP contribution in [0.2, 0.25) is 5.02 Å². The van der Waals surface area contributed by atoms with E-state index in [-0.39, 0.29) is 5.69 Å². The van der Waals surface area contributed by atoms with Gasteiger partial charge in [-0.2, -0.15) is 0 Å². The minimum absolute atomic E-state index is 0.275. The highest BCUT2D eigenvalue weighted by Crippen LogP contribution is 2.29. The molecule has 8 heteroatoms. The molecule has 0 bridgehead atoms. The Bertz CT molecular complexity index is 768. The van der Waals surface area contributed by atoms with Crippen LogP contribution in [0, 0.1) is 5.82 Å². The predicted octanol–water partition coefficient (Wildman–Crippen LogP) is 4.80. The van der Waals surface area contributed by atoms with Crippen LogP contribution in [0.1, 0.15) is 0 Å². The first-order valence-corrected chi connectivity index (χ1v) is 8.67. The van der Waals surface area contributed by atoms with Crippen molar-refractivity contribution in [2.24, 2.45) is 0 Å². The molecule has 0 unspecified atom stereocenters. The molecule has 0 aliphatic rings. The predicted molar refractivity (Wildman–Crippen MR) is 84.1 cm³/mol. The van der Waals surface area contributed by atoms with Crippen molar-refractivity contribution < 1.29 is 12.8 Å². The molecule has 106 valence electrons. The van der Waals surface area contributed by atoms with Gasteiger partial charge in [-0.1, -0.05) is 27.5 Å². The molecular formula is C12H7Br2ClFNO2S. The van der Waals surface area contributed by atoms with Crippen LogP contribution in [0.25, 0.3) is 0 Å². The van der Waals surface area contributed by atoms with Crippen molar-refractivity contribution in [3.05, 3.63) is 56.2 Å². The quantitative estimate of drug-likeness (QED) is 0.741. The molecule has 0 atom stereocenters. The number of anilines is 1. The highest BCUT2D eigenvalue weighted by atomic mass is 79.9. The monoisotopic (exact) mass is 441 g/mol. The molecule has 2 aromatic rings. The SMILES string of the molecule is O=S(=O)(Nc1ccc(Cl)cc1Br)c1ccc(Br)cc1F. The molecule has 1 N–H and O–H groups in total. The molecule has 2 aromatic carbocycles. The van der Waals surface area contributed by atoms with E-state index in [1.807, 2.05) is 0 Å². The van der Waals surface area contributed by atoms with Crippen molar-refractivity contribution in [3.8, 4) is 0 Å². The molecule has 0 fully saturated rings. The summed E-state index contributed by atoms with van der Waals surface area (Å²) in [7, 11) is -4.02. The molecule has 0 aromatic heterocycles. The van der Waals surface area contributed by atoms with Crippen molar-refractivity contribution in [2.45, 2.75) is 4.90 Å². The summed E-state index contributed by atoms with van der Waals surface area (Å²) >= 11 is 12.0. The molecule has 0 amide bonds. The fourth-order valence-electron chi connectivity index (χ4n) is 1.47. The molecule has 0 spiro atoms. The normalized spacial score (nSPS) is 11.4. The second-order valence-corrected chi connectivity index (χ2v) is 7.66. The standard InChI is InChI=1S/C12H7Br2ClFNO2S/c13-7-1-4-12(10(16)5-7)20(18,19)17-11-3-2-8(15)6-9(11)14/h1-6,17H. The maximum atomic E-state index is 13.7. The second kappa shape index (κ2) is 6.01. The van der Waals surface area contributed by atoms with E-state index in [2.05, 4.69) is 36.6 Å². The number of sulfonamides is 1. The van der Waals surface area contributed by atoms with Crippen molar-refractivity contribution in [3.63, 3.8) is 0 Å². The summed E-state index contributed by atoms with van der Waals surface area (Å²) in [6.07, 6.45) is 0. The number of halogens is 4. The van der Waals surface area contributed by atoms with Gasteiger partial charge in [-0.25, -0.2) is 12.8 Å². The van der Waals surface area contributed by atoms with Gasteiger partial charge in [-0.15, -0.1) is 0 Å². The molecule has 0 aliphatic heterocycles. The van der Waals surface area contributed by atoms with Gasteiger partial charge in [-0.05, 0) is 52.3 Å². The number of rotatable bonds is 3. The molecule has 0 saturated carbocycles. The fourth-order valence-corrected chi connectivity index (χ4v) is 3.85. The lowest BCUT2D eigenvalue weighted by Crippen LogP contribution is -2.14. The van der Waals surface area contributed by atoms with Crippen LogP contribution >= 0.6 is 43.5 Å². The first-order chi connectivity index (χ1) is 9.29. The van der Waals surface area contributed by atoms with Gasteiger partial charge in [0, 0.05) is 14.0 Å². The van der Waals surface area contributed by atoms with Crippen LogP contribution in [0.5, 0.6) is 0 Å². The van der Waals surface area contributed by atoms with Crippen molar-refractivity contribution in [2.75, 3.05) is 4.72 Å². The number of hydrogen-bond acceptors (Lipinski definition) is 2. The third-order valence-electron chi connectivity index (χ3n) is 2.36. The van der Waals surface area contributed by atoms with Crippen molar-refractivity contribution in [1.29, 1.82) is 0 Å². The maximum absolute atomic E-state index is 13.7. The molecule has 0 saturated heterocycles. The van der Waals surface area contributed by atoms with Gasteiger partial charge in [0.25, 0.3) is 10.0 Å². The number of benzene rings is 2. The summed E-state index contributed by atoms with van der Waals surface area (Å²) in [6.45, 7) is 0. The summed E-state index contributed by atoms with van der Waals surface area (Å²) in [5, 5.41) is 0.453. The Kier molecular flexibility index (Phi) is 4.73. The summed E-state index contributed by atoms with van der Waals surface area (Å²) in [4.78, 5) is -0.428. The van der Waals surface area contributed by atoms with E-state index >= 15 is 0 Å². The summed E-state index contributed by atoms with van der Waals surface area (Å²) in [6, 6.07) is 8.28. The summed E-state index contributed by atoms with van der Waals surface area (Å²) in [5.41, 5.74) is 0.275. The average Bonchev–Trinajstić information content (AvgIpc) is 2.32. The van der Waals surface area contributed by atoms with E-state index in [1.165, 1.54) is 30.3 Å². The number of hydrogen-bond donors (Lipinski definition) is 1. The number of nitrogens with one attached hydrogen (secondary N) is 1. The minimum Gasteiger partial charge on any atom is -0.278 e. The summed E-state index contributed by atoms with van der Waals surface area (Å²) in [5.74, 6) is -0.836. The van der Waals surface area contributed by atoms with Gasteiger partial charge in [0.1, 0.15) is 10.7 Å². The van der Waals surface area contributed by atoms with Crippen LogP contribution < -0.4 is 4.72 Å². The highest BCUT2D eigenvalue weighted by Gasteiger charge is 2.20. The van der Waals surface area contributed by atoms with Crippen LogP contribution in [-0.2, 0) is 10.0 Å². The van der Waals surface area contributed by atoms with E-state index in [0.717, 1.165) is 6.07 Å². The molecule has 20 heavy (non-hydrogen) atoms. The van der Waals surface area contributed by atoms with E-state index in [1.54, 1.807) is 0 Å². The van der Waals surface area contributed by atoms with Gasteiger partial charge in [-0.3, -0.25) is 4.72 Å². The topological polar surface area (TPSA) is 46.2 Å². The van der Waals surface area contributed by atoms with Crippen LogP contribution in [0.4, 0.5) is 10.1 Å². The lowest BCUT2D eigenvalue weighted by Gasteiger charge is -2.10. The van der Waals surface area contributed by atoms with Crippen molar-refractivity contribution >= 4 is 59.2 Å². The smallest absolute Gasteiger partial charge is 0.264 e. The van der Waals surface area contributed by atoms with Gasteiger partial charge in [0.2, 0.25) is 0 Å². The Morgan fingerprint density at radius 2 is 1.80 bits per heavy atom. The molecule has 0 radical (unpaired) electrons. The molecule has 0 aliphatic carbocycles. The van der Waals surface area contributed by atoms with Gasteiger partial charge >= 0.3 is 0 Å². The molecule has 0 heterocycles. The van der Waals surface area contributed by atoms with Crippen LogP contribution in [-0.4, -0.2) is 8.42 Å². The Morgan fingerprint density at radius 1 is 1.10 bits per heavy atom. The highest BCUT2D eigenvalue weighted by molar-refractivity contribution is 9.10. The molecule has 2 rings (SSSR count).